The maximum Gasteiger partial charge on any atom is 0.252 e. The van der Waals surface area contributed by atoms with Gasteiger partial charge in [0, 0.05) is 34.1 Å². The molecule has 2 aliphatic heterocycles. The fourth-order valence-electron chi connectivity index (χ4n) is 7.69. The Morgan fingerprint density at radius 2 is 0.688 bits per heavy atom. The minimum absolute atomic E-state index is 0.135. The van der Waals surface area contributed by atoms with Crippen LogP contribution in [0.5, 0.6) is 0 Å². The third-order valence-corrected chi connectivity index (χ3v) is 10.8. The van der Waals surface area contributed by atoms with Crippen LogP contribution in [0.2, 0.25) is 0 Å². The Balaban J connectivity index is 1.58. The van der Waals surface area contributed by atoms with E-state index in [1.165, 1.54) is 78.3 Å². The lowest BCUT2D eigenvalue weighted by molar-refractivity contribution is 0.863. The van der Waals surface area contributed by atoms with Crippen LogP contribution < -0.4 is 26.2 Å². The zero-order valence-corrected chi connectivity index (χ0v) is 30.6. The van der Waals surface area contributed by atoms with Crippen LogP contribution in [0, 0.1) is 0 Å². The molecule has 0 saturated carbocycles. The van der Waals surface area contributed by atoms with Gasteiger partial charge < -0.3 is 9.80 Å². The summed E-state index contributed by atoms with van der Waals surface area (Å²) in [6, 6.07) is 38.1. The van der Waals surface area contributed by atoms with E-state index in [0.29, 0.717) is 29.6 Å². The molecule has 0 spiro atoms. The molecule has 0 atom stereocenters. The highest BCUT2D eigenvalue weighted by Gasteiger charge is 2.44. The molecule has 0 N–H and O–H groups in total. The molecule has 2 aliphatic rings. The predicted molar refractivity (Wildman–Crippen MR) is 211 cm³/mol. The monoisotopic (exact) mass is 630 g/mol. The largest absolute Gasteiger partial charge is 0.311 e. The lowest BCUT2D eigenvalue weighted by Crippen LogP contribution is -2.61. The lowest BCUT2D eigenvalue weighted by atomic mass is 9.33. The lowest BCUT2D eigenvalue weighted by Gasteiger charge is -2.45. The smallest absolute Gasteiger partial charge is 0.252 e. The highest BCUT2D eigenvalue weighted by atomic mass is 15.2. The average molecular weight is 631 g/mol. The van der Waals surface area contributed by atoms with Crippen LogP contribution in [-0.2, 0) is 0 Å². The molecular weight excluding hydrogens is 579 g/mol. The van der Waals surface area contributed by atoms with Crippen molar-refractivity contribution < 1.29 is 0 Å². The fraction of sp³-hybridized carbons (Fsp3) is 0.333. The van der Waals surface area contributed by atoms with Gasteiger partial charge in [0.05, 0.1) is 0 Å². The number of nitrogens with zero attached hydrogens (tertiary/aromatic N) is 2. The summed E-state index contributed by atoms with van der Waals surface area (Å²) in [5, 5.41) is 0. The SMILES string of the molecule is CC(C)c1ccc(N2c3ccc(C(C)C)cc3B3c4cc(C(C)C)ccc4N(c4ccc(C(C)C)cc4)c4cc(C(C)C)cc2c43)cc1. The van der Waals surface area contributed by atoms with Crippen LogP contribution in [0.1, 0.15) is 127 Å². The molecule has 5 aromatic carbocycles. The Kier molecular flexibility index (Phi) is 8.31. The van der Waals surface area contributed by atoms with E-state index >= 15 is 0 Å². The second-order valence-electron chi connectivity index (χ2n) is 15.7. The van der Waals surface area contributed by atoms with Crippen molar-refractivity contribution in [3.05, 3.63) is 125 Å². The van der Waals surface area contributed by atoms with Crippen LogP contribution >= 0.6 is 0 Å². The zero-order chi connectivity index (χ0) is 34.0. The Labute approximate surface area is 289 Å². The van der Waals surface area contributed by atoms with Crippen LogP contribution in [0.3, 0.4) is 0 Å². The first-order chi connectivity index (χ1) is 22.9. The van der Waals surface area contributed by atoms with Gasteiger partial charge in [-0.25, -0.2) is 0 Å². The van der Waals surface area contributed by atoms with Gasteiger partial charge in [0.15, 0.2) is 0 Å². The highest BCUT2D eigenvalue weighted by Crippen LogP contribution is 2.46. The maximum absolute atomic E-state index is 2.56. The van der Waals surface area contributed by atoms with E-state index in [1.807, 2.05) is 0 Å². The second-order valence-corrected chi connectivity index (χ2v) is 15.7. The number of rotatable bonds is 7. The van der Waals surface area contributed by atoms with E-state index in [4.69, 9.17) is 0 Å². The molecule has 2 heterocycles. The number of benzene rings is 5. The fourth-order valence-corrected chi connectivity index (χ4v) is 7.69. The molecule has 5 aromatic rings. The predicted octanol–water partition coefficient (Wildman–Crippen LogP) is 11.4. The normalized spacial score (nSPS) is 13.6. The summed E-state index contributed by atoms with van der Waals surface area (Å²) in [5.74, 6) is 2.25. The van der Waals surface area contributed by atoms with Crippen LogP contribution in [-0.4, -0.2) is 6.71 Å². The Bertz CT molecular complexity index is 1830. The summed E-state index contributed by atoms with van der Waals surface area (Å²) in [6.07, 6.45) is 0. The molecule has 0 radical (unpaired) electrons. The van der Waals surface area contributed by atoms with Crippen LogP contribution in [0.15, 0.2) is 97.1 Å². The van der Waals surface area contributed by atoms with Gasteiger partial charge in [-0.2, -0.15) is 0 Å². The van der Waals surface area contributed by atoms with Gasteiger partial charge in [-0.1, -0.05) is 118 Å². The molecule has 0 unspecified atom stereocenters. The molecule has 7 rings (SSSR count). The number of hydrogen-bond acceptors (Lipinski definition) is 2. The minimum atomic E-state index is 0.135. The highest BCUT2D eigenvalue weighted by molar-refractivity contribution is 7.00. The Morgan fingerprint density at radius 3 is 1.02 bits per heavy atom. The topological polar surface area (TPSA) is 6.48 Å². The van der Waals surface area contributed by atoms with Crippen molar-refractivity contribution in [2.24, 2.45) is 0 Å². The average Bonchev–Trinajstić information content (AvgIpc) is 3.07. The van der Waals surface area contributed by atoms with Crippen molar-refractivity contribution in [3.63, 3.8) is 0 Å². The summed E-state index contributed by atoms with van der Waals surface area (Å²) in [7, 11) is 0. The van der Waals surface area contributed by atoms with E-state index in [1.54, 1.807) is 0 Å². The van der Waals surface area contributed by atoms with Crippen molar-refractivity contribution in [1.29, 1.82) is 0 Å². The van der Waals surface area contributed by atoms with Crippen molar-refractivity contribution in [2.45, 2.75) is 98.8 Å². The first kappa shape index (κ1) is 32.3. The summed E-state index contributed by atoms with van der Waals surface area (Å²) in [6.45, 7) is 23.1. The molecule has 244 valence electrons. The standard InChI is InChI=1S/C45H51BN2/c1-27(2)32-11-17-37(18-12-32)47-41-21-15-34(29(5)6)23-39(41)46-40-24-35(30(7)8)16-22-42(40)48(38-19-13-33(14-20-38)28(3)4)44-26-36(31(9)10)25-43(47)45(44)46/h11-31H,1-10H3. The summed E-state index contributed by atoms with van der Waals surface area (Å²) < 4.78 is 0. The third-order valence-electron chi connectivity index (χ3n) is 10.8. The summed E-state index contributed by atoms with van der Waals surface area (Å²) in [4.78, 5) is 5.12. The number of fused-ring (bicyclic) bond motifs is 4. The third kappa shape index (κ3) is 5.36. The van der Waals surface area contributed by atoms with Crippen LogP contribution in [0.25, 0.3) is 0 Å². The molecule has 2 nitrogen and oxygen atoms in total. The van der Waals surface area contributed by atoms with Crippen molar-refractivity contribution >= 4 is 57.2 Å². The molecule has 0 aliphatic carbocycles. The maximum atomic E-state index is 2.56. The number of anilines is 6. The molecule has 48 heavy (non-hydrogen) atoms. The van der Waals surface area contributed by atoms with Crippen molar-refractivity contribution in [2.75, 3.05) is 9.80 Å². The Morgan fingerprint density at radius 1 is 0.354 bits per heavy atom. The van der Waals surface area contributed by atoms with E-state index in [9.17, 15) is 0 Å². The second kappa shape index (κ2) is 12.3. The number of hydrogen-bond donors (Lipinski definition) is 0. The molecule has 0 saturated heterocycles. The Hall–Kier alpha value is -4.24. The van der Waals surface area contributed by atoms with Crippen LogP contribution in [0.4, 0.5) is 34.1 Å². The molecular formula is C45H51BN2. The molecule has 3 heteroatoms. The molecule has 0 bridgehead atoms. The van der Waals surface area contributed by atoms with Gasteiger partial charge >= 0.3 is 0 Å². The van der Waals surface area contributed by atoms with Gasteiger partial charge in [0.2, 0.25) is 0 Å². The zero-order valence-electron chi connectivity index (χ0n) is 30.6. The van der Waals surface area contributed by atoms with E-state index < -0.39 is 0 Å². The van der Waals surface area contributed by atoms with Crippen molar-refractivity contribution in [1.82, 2.24) is 0 Å². The van der Waals surface area contributed by atoms with Crippen molar-refractivity contribution in [3.8, 4) is 0 Å². The van der Waals surface area contributed by atoms with Gasteiger partial charge in [-0.05, 0) is 122 Å². The van der Waals surface area contributed by atoms with Gasteiger partial charge in [0.1, 0.15) is 0 Å². The molecule has 0 fully saturated rings. The first-order valence-corrected chi connectivity index (χ1v) is 18.2. The van der Waals surface area contributed by atoms with E-state index in [2.05, 4.69) is 176 Å². The summed E-state index contributed by atoms with van der Waals surface area (Å²) >= 11 is 0. The van der Waals surface area contributed by atoms with Gasteiger partial charge in [0.25, 0.3) is 6.71 Å². The van der Waals surface area contributed by atoms with Gasteiger partial charge in [-0.3, -0.25) is 0 Å². The first-order valence-electron chi connectivity index (χ1n) is 18.2. The van der Waals surface area contributed by atoms with E-state index in [-0.39, 0.29) is 6.71 Å². The summed E-state index contributed by atoms with van der Waals surface area (Å²) in [5.41, 5.74) is 18.7. The molecule has 0 aromatic heterocycles. The van der Waals surface area contributed by atoms with E-state index in [0.717, 1.165) is 0 Å². The van der Waals surface area contributed by atoms with Gasteiger partial charge in [-0.15, -0.1) is 0 Å². The quantitative estimate of drug-likeness (QED) is 0.162. The molecule has 0 amide bonds. The minimum Gasteiger partial charge on any atom is -0.311 e.